The third kappa shape index (κ3) is 2.07. The number of aliphatic carboxylic acids is 1. The van der Waals surface area contributed by atoms with Gasteiger partial charge in [0.1, 0.15) is 0 Å². The summed E-state index contributed by atoms with van der Waals surface area (Å²) in [6.07, 6.45) is 1.63. The van der Waals surface area contributed by atoms with Gasteiger partial charge in [-0.05, 0) is 47.3 Å². The molecule has 1 saturated carbocycles. The van der Waals surface area contributed by atoms with Gasteiger partial charge in [0.15, 0.2) is 11.5 Å². The van der Waals surface area contributed by atoms with E-state index in [1.54, 1.807) is 0 Å². The SMILES string of the molecule is COc1c(Br)cc(C)c(C2(CC(=O)O)CC2)c1O. The van der Waals surface area contributed by atoms with Crippen LogP contribution in [0.3, 0.4) is 0 Å². The summed E-state index contributed by atoms with van der Waals surface area (Å²) < 4.78 is 5.83. The Morgan fingerprint density at radius 3 is 2.61 bits per heavy atom. The number of hydrogen-bond donors (Lipinski definition) is 2. The molecule has 0 radical (unpaired) electrons. The van der Waals surface area contributed by atoms with E-state index in [2.05, 4.69) is 15.9 Å². The van der Waals surface area contributed by atoms with Crippen LogP contribution < -0.4 is 4.74 Å². The lowest BCUT2D eigenvalue weighted by Gasteiger charge is -2.20. The first kappa shape index (κ1) is 13.2. The number of hydrogen-bond acceptors (Lipinski definition) is 3. The van der Waals surface area contributed by atoms with E-state index < -0.39 is 11.4 Å². The van der Waals surface area contributed by atoms with Crippen molar-refractivity contribution >= 4 is 21.9 Å². The first-order valence-electron chi connectivity index (χ1n) is 5.69. The highest BCUT2D eigenvalue weighted by Crippen LogP contribution is 2.57. The summed E-state index contributed by atoms with van der Waals surface area (Å²) in [5.41, 5.74) is 1.18. The third-order valence-corrected chi connectivity index (χ3v) is 4.07. The molecule has 2 rings (SSSR count). The zero-order chi connectivity index (χ0) is 13.5. The van der Waals surface area contributed by atoms with E-state index in [4.69, 9.17) is 9.84 Å². The highest BCUT2D eigenvalue weighted by molar-refractivity contribution is 9.10. The van der Waals surface area contributed by atoms with Crippen molar-refractivity contribution in [2.75, 3.05) is 7.11 Å². The molecule has 1 aliphatic rings. The molecule has 0 unspecified atom stereocenters. The number of halogens is 1. The van der Waals surface area contributed by atoms with Crippen LogP contribution in [0.1, 0.15) is 30.4 Å². The van der Waals surface area contributed by atoms with Crippen LogP contribution in [0.15, 0.2) is 10.5 Å². The Morgan fingerprint density at radius 1 is 1.56 bits per heavy atom. The minimum Gasteiger partial charge on any atom is -0.504 e. The van der Waals surface area contributed by atoms with Crippen molar-refractivity contribution in [3.05, 3.63) is 21.7 Å². The highest BCUT2D eigenvalue weighted by Gasteiger charge is 2.49. The van der Waals surface area contributed by atoms with Gasteiger partial charge in [-0.25, -0.2) is 0 Å². The fourth-order valence-corrected chi connectivity index (χ4v) is 3.25. The van der Waals surface area contributed by atoms with Crippen LogP contribution in [-0.2, 0) is 10.2 Å². The highest BCUT2D eigenvalue weighted by atomic mass is 79.9. The monoisotopic (exact) mass is 314 g/mol. The van der Waals surface area contributed by atoms with Gasteiger partial charge in [-0.2, -0.15) is 0 Å². The van der Waals surface area contributed by atoms with E-state index in [0.717, 1.165) is 18.4 Å². The lowest BCUT2D eigenvalue weighted by molar-refractivity contribution is -0.137. The summed E-state index contributed by atoms with van der Waals surface area (Å²) >= 11 is 3.33. The topological polar surface area (TPSA) is 66.8 Å². The third-order valence-electron chi connectivity index (χ3n) is 3.48. The van der Waals surface area contributed by atoms with Gasteiger partial charge in [-0.15, -0.1) is 0 Å². The van der Waals surface area contributed by atoms with Crippen molar-refractivity contribution in [3.8, 4) is 11.5 Å². The molecule has 1 aliphatic carbocycles. The standard InChI is InChI=1S/C13H15BrO4/c1-7-5-8(14)12(18-2)11(17)10(7)13(3-4-13)6-9(15)16/h5,17H,3-4,6H2,1-2H3,(H,15,16). The molecule has 1 fully saturated rings. The van der Waals surface area contributed by atoms with Crippen molar-refractivity contribution in [3.63, 3.8) is 0 Å². The fourth-order valence-electron chi connectivity index (χ4n) is 2.56. The maximum absolute atomic E-state index is 11.0. The van der Waals surface area contributed by atoms with E-state index in [1.807, 2.05) is 13.0 Å². The molecule has 0 bridgehead atoms. The minimum atomic E-state index is -0.840. The molecule has 4 nitrogen and oxygen atoms in total. The average molecular weight is 315 g/mol. The normalized spacial score (nSPS) is 16.4. The molecule has 18 heavy (non-hydrogen) atoms. The zero-order valence-corrected chi connectivity index (χ0v) is 11.9. The Balaban J connectivity index is 2.54. The van der Waals surface area contributed by atoms with Gasteiger partial charge in [0.25, 0.3) is 0 Å². The number of benzene rings is 1. The first-order chi connectivity index (χ1) is 8.41. The van der Waals surface area contributed by atoms with Crippen LogP contribution in [0, 0.1) is 6.92 Å². The molecule has 5 heteroatoms. The van der Waals surface area contributed by atoms with Crippen LogP contribution in [0.25, 0.3) is 0 Å². The van der Waals surface area contributed by atoms with Gasteiger partial charge in [0.05, 0.1) is 18.0 Å². The predicted octanol–water partition coefficient (Wildman–Crippen LogP) is 2.98. The smallest absolute Gasteiger partial charge is 0.304 e. The quantitative estimate of drug-likeness (QED) is 0.896. The van der Waals surface area contributed by atoms with E-state index >= 15 is 0 Å². The first-order valence-corrected chi connectivity index (χ1v) is 6.49. The summed E-state index contributed by atoms with van der Waals surface area (Å²) in [6, 6.07) is 1.86. The lowest BCUT2D eigenvalue weighted by atomic mass is 9.88. The lowest BCUT2D eigenvalue weighted by Crippen LogP contribution is -2.15. The maximum Gasteiger partial charge on any atom is 0.304 e. The zero-order valence-electron chi connectivity index (χ0n) is 10.3. The average Bonchev–Trinajstić information content (AvgIpc) is 2.96. The molecule has 0 aliphatic heterocycles. The number of carboxylic acid groups (broad SMARTS) is 1. The summed E-state index contributed by atoms with van der Waals surface area (Å²) in [5, 5.41) is 19.3. The van der Waals surface area contributed by atoms with Crippen LogP contribution >= 0.6 is 15.9 Å². The van der Waals surface area contributed by atoms with E-state index in [0.29, 0.717) is 15.8 Å². The Morgan fingerprint density at radius 2 is 2.17 bits per heavy atom. The molecule has 0 heterocycles. The summed E-state index contributed by atoms with van der Waals surface area (Å²) in [4.78, 5) is 11.0. The van der Waals surface area contributed by atoms with Crippen LogP contribution in [0.5, 0.6) is 11.5 Å². The number of phenols is 1. The fraction of sp³-hybridized carbons (Fsp3) is 0.462. The van der Waals surface area contributed by atoms with Crippen molar-refractivity contribution < 1.29 is 19.7 Å². The molecule has 2 N–H and O–H groups in total. The van der Waals surface area contributed by atoms with E-state index in [-0.39, 0.29) is 12.2 Å². The van der Waals surface area contributed by atoms with E-state index in [9.17, 15) is 9.90 Å². The van der Waals surface area contributed by atoms with E-state index in [1.165, 1.54) is 7.11 Å². The molecule has 0 saturated heterocycles. The minimum absolute atomic E-state index is 0.0478. The molecule has 0 aromatic heterocycles. The van der Waals surface area contributed by atoms with Gasteiger partial charge in [0.2, 0.25) is 0 Å². The Hall–Kier alpha value is -1.23. The summed E-state index contributed by atoms with van der Waals surface area (Å²) in [7, 11) is 1.48. The molecular formula is C13H15BrO4. The Kier molecular flexibility index (Phi) is 3.27. The summed E-state index contributed by atoms with van der Waals surface area (Å²) in [5.74, 6) is -0.413. The number of phenolic OH excluding ortho intramolecular Hbond substituents is 1. The molecule has 1 aromatic carbocycles. The Bertz CT molecular complexity index is 506. The van der Waals surface area contributed by atoms with Gasteiger partial charge in [0, 0.05) is 11.0 Å². The van der Waals surface area contributed by atoms with Crippen LogP contribution in [0.4, 0.5) is 0 Å². The van der Waals surface area contributed by atoms with Crippen molar-refractivity contribution in [2.45, 2.75) is 31.6 Å². The number of rotatable bonds is 4. The van der Waals surface area contributed by atoms with Gasteiger partial charge in [-0.3, -0.25) is 4.79 Å². The van der Waals surface area contributed by atoms with Crippen molar-refractivity contribution in [2.24, 2.45) is 0 Å². The number of aromatic hydroxyl groups is 1. The van der Waals surface area contributed by atoms with Gasteiger partial charge in [-0.1, -0.05) is 0 Å². The largest absolute Gasteiger partial charge is 0.504 e. The summed E-state index contributed by atoms with van der Waals surface area (Å²) in [6.45, 7) is 1.88. The molecule has 0 spiro atoms. The molecule has 0 amide bonds. The van der Waals surface area contributed by atoms with Crippen LogP contribution in [0.2, 0.25) is 0 Å². The molecule has 1 aromatic rings. The second kappa shape index (κ2) is 4.46. The molecular weight excluding hydrogens is 300 g/mol. The van der Waals surface area contributed by atoms with Gasteiger partial charge < -0.3 is 14.9 Å². The van der Waals surface area contributed by atoms with Crippen LogP contribution in [-0.4, -0.2) is 23.3 Å². The predicted molar refractivity (Wildman–Crippen MR) is 70.3 cm³/mol. The number of aryl methyl sites for hydroxylation is 1. The number of carbonyl (C=O) groups is 1. The molecule has 0 atom stereocenters. The number of ether oxygens (including phenoxy) is 1. The number of methoxy groups -OCH3 is 1. The maximum atomic E-state index is 11.0. The van der Waals surface area contributed by atoms with Gasteiger partial charge >= 0.3 is 5.97 Å². The Labute approximate surface area is 114 Å². The van der Waals surface area contributed by atoms with Crippen molar-refractivity contribution in [1.29, 1.82) is 0 Å². The molecule has 98 valence electrons. The second-order valence-corrected chi connectivity index (χ2v) is 5.64. The number of carboxylic acids is 1. The van der Waals surface area contributed by atoms with Crippen molar-refractivity contribution in [1.82, 2.24) is 0 Å². The second-order valence-electron chi connectivity index (χ2n) is 4.78.